The third kappa shape index (κ3) is 2.14. The second-order valence-corrected chi connectivity index (χ2v) is 6.32. The van der Waals surface area contributed by atoms with Crippen molar-refractivity contribution in [1.82, 2.24) is 0 Å². The van der Waals surface area contributed by atoms with Crippen molar-refractivity contribution in [3.63, 3.8) is 0 Å². The fourth-order valence-electron chi connectivity index (χ4n) is 4.13. The first-order valence-electron chi connectivity index (χ1n) is 7.39. The van der Waals surface area contributed by atoms with E-state index in [9.17, 15) is 14.9 Å². The van der Waals surface area contributed by atoms with E-state index in [0.29, 0.717) is 19.3 Å². The van der Waals surface area contributed by atoms with E-state index in [0.717, 1.165) is 44.7 Å². The molecule has 0 aliphatic heterocycles. The summed E-state index contributed by atoms with van der Waals surface area (Å²) in [5, 5.41) is 18.4. The van der Waals surface area contributed by atoms with Gasteiger partial charge in [0.15, 0.2) is 0 Å². The number of nitriles is 2. The van der Waals surface area contributed by atoms with E-state index < -0.39 is 16.7 Å². The lowest BCUT2D eigenvalue weighted by molar-refractivity contribution is -0.143. The van der Waals surface area contributed by atoms with E-state index in [1.807, 2.05) is 0 Å². The van der Waals surface area contributed by atoms with Crippen molar-refractivity contribution in [2.24, 2.45) is 22.7 Å². The standard InChI is InChI=1S/C16H20N2O2/c17-9-13-4-7-16(12-20,8-14(13)10-18)15(11-19)5-2-1-3-6-15/h11-14H,1-8H2. The lowest BCUT2D eigenvalue weighted by atomic mass is 9.51. The summed E-state index contributed by atoms with van der Waals surface area (Å²) in [4.78, 5) is 23.6. The highest BCUT2D eigenvalue weighted by Crippen LogP contribution is 2.56. The van der Waals surface area contributed by atoms with Gasteiger partial charge in [-0.1, -0.05) is 19.3 Å². The van der Waals surface area contributed by atoms with Crippen LogP contribution in [0.25, 0.3) is 0 Å². The summed E-state index contributed by atoms with van der Waals surface area (Å²) in [6, 6.07) is 4.35. The van der Waals surface area contributed by atoms with Crippen molar-refractivity contribution in [3.8, 4) is 12.1 Å². The van der Waals surface area contributed by atoms with Crippen LogP contribution in [0, 0.1) is 45.3 Å². The normalized spacial score (nSPS) is 36.3. The minimum absolute atomic E-state index is 0.305. The highest BCUT2D eigenvalue weighted by Gasteiger charge is 2.55. The predicted molar refractivity (Wildman–Crippen MR) is 72.1 cm³/mol. The molecule has 0 heterocycles. The summed E-state index contributed by atoms with van der Waals surface area (Å²) in [5.74, 6) is -0.738. The Hall–Kier alpha value is -1.68. The smallest absolute Gasteiger partial charge is 0.127 e. The van der Waals surface area contributed by atoms with E-state index in [1.165, 1.54) is 0 Å². The molecule has 0 bridgehead atoms. The van der Waals surface area contributed by atoms with Crippen LogP contribution in [0.5, 0.6) is 0 Å². The minimum Gasteiger partial charge on any atom is -0.303 e. The van der Waals surface area contributed by atoms with Gasteiger partial charge in [0.05, 0.1) is 24.0 Å². The van der Waals surface area contributed by atoms with Crippen molar-refractivity contribution >= 4 is 12.6 Å². The molecule has 20 heavy (non-hydrogen) atoms. The summed E-state index contributed by atoms with van der Waals surface area (Å²) in [7, 11) is 0. The van der Waals surface area contributed by atoms with Crippen molar-refractivity contribution in [2.45, 2.75) is 51.4 Å². The van der Waals surface area contributed by atoms with Crippen LogP contribution in [0.1, 0.15) is 51.4 Å². The summed E-state index contributed by atoms with van der Waals surface area (Å²) < 4.78 is 0. The lowest BCUT2D eigenvalue weighted by Gasteiger charge is -2.50. The third-order valence-corrected chi connectivity index (χ3v) is 5.49. The Morgan fingerprint density at radius 3 is 1.95 bits per heavy atom. The lowest BCUT2D eigenvalue weighted by Crippen LogP contribution is -2.50. The van der Waals surface area contributed by atoms with Gasteiger partial charge in [0.1, 0.15) is 12.6 Å². The van der Waals surface area contributed by atoms with Gasteiger partial charge in [-0.25, -0.2) is 0 Å². The molecule has 0 saturated heterocycles. The van der Waals surface area contributed by atoms with E-state index in [1.54, 1.807) is 0 Å². The van der Waals surface area contributed by atoms with E-state index >= 15 is 0 Å². The summed E-state index contributed by atoms with van der Waals surface area (Å²) in [6.45, 7) is 0. The second-order valence-electron chi connectivity index (χ2n) is 6.32. The number of rotatable bonds is 3. The largest absolute Gasteiger partial charge is 0.303 e. The zero-order valence-corrected chi connectivity index (χ0v) is 11.7. The Morgan fingerprint density at radius 1 is 0.850 bits per heavy atom. The first-order chi connectivity index (χ1) is 9.67. The maximum Gasteiger partial charge on any atom is 0.127 e. The molecule has 0 radical (unpaired) electrons. The summed E-state index contributed by atoms with van der Waals surface area (Å²) in [5.41, 5.74) is -1.34. The van der Waals surface area contributed by atoms with Crippen molar-refractivity contribution < 1.29 is 9.59 Å². The minimum atomic E-state index is -0.733. The molecule has 106 valence electrons. The van der Waals surface area contributed by atoms with E-state index in [2.05, 4.69) is 12.1 Å². The number of nitrogens with zero attached hydrogens (tertiary/aromatic N) is 2. The molecule has 0 amide bonds. The molecule has 0 aromatic rings. The highest BCUT2D eigenvalue weighted by atomic mass is 16.1. The maximum atomic E-state index is 11.9. The van der Waals surface area contributed by atoms with Crippen molar-refractivity contribution in [2.75, 3.05) is 0 Å². The summed E-state index contributed by atoms with van der Waals surface area (Å²) >= 11 is 0. The Balaban J connectivity index is 2.35. The maximum absolute atomic E-state index is 11.9. The molecule has 2 fully saturated rings. The molecule has 0 spiro atoms. The van der Waals surface area contributed by atoms with Gasteiger partial charge in [-0.05, 0) is 32.1 Å². The van der Waals surface area contributed by atoms with Gasteiger partial charge in [-0.2, -0.15) is 10.5 Å². The number of aldehydes is 2. The summed E-state index contributed by atoms with van der Waals surface area (Å²) in [6.07, 6.45) is 7.88. The SMILES string of the molecule is N#CC1CCC(C=O)(C2(C=O)CCCCC2)CC1C#N. The quantitative estimate of drug-likeness (QED) is 0.740. The highest BCUT2D eigenvalue weighted by molar-refractivity contribution is 5.73. The Bertz CT molecular complexity index is 468. The van der Waals surface area contributed by atoms with Gasteiger partial charge in [-0.15, -0.1) is 0 Å². The Labute approximate surface area is 119 Å². The fourth-order valence-corrected chi connectivity index (χ4v) is 4.13. The fraction of sp³-hybridized carbons (Fsp3) is 0.750. The third-order valence-electron chi connectivity index (χ3n) is 5.49. The second kappa shape index (κ2) is 5.75. The molecule has 4 heteroatoms. The zero-order valence-electron chi connectivity index (χ0n) is 11.7. The van der Waals surface area contributed by atoms with E-state index in [4.69, 9.17) is 5.26 Å². The van der Waals surface area contributed by atoms with Crippen molar-refractivity contribution in [3.05, 3.63) is 0 Å². The molecule has 4 nitrogen and oxygen atoms in total. The molecule has 0 N–H and O–H groups in total. The molecule has 2 rings (SSSR count). The van der Waals surface area contributed by atoms with Crippen LogP contribution in [0.2, 0.25) is 0 Å². The number of carbonyl (C=O) groups is 2. The van der Waals surface area contributed by atoms with Crippen LogP contribution in [0.3, 0.4) is 0 Å². The molecule has 2 aliphatic carbocycles. The van der Waals surface area contributed by atoms with Gasteiger partial charge in [0.2, 0.25) is 0 Å². The van der Waals surface area contributed by atoms with Crippen LogP contribution < -0.4 is 0 Å². The molecular weight excluding hydrogens is 252 g/mol. The molecule has 3 unspecified atom stereocenters. The Morgan fingerprint density at radius 2 is 1.45 bits per heavy atom. The van der Waals surface area contributed by atoms with Gasteiger partial charge >= 0.3 is 0 Å². The number of hydrogen-bond acceptors (Lipinski definition) is 4. The van der Waals surface area contributed by atoms with Crippen LogP contribution in [-0.2, 0) is 9.59 Å². The van der Waals surface area contributed by atoms with Crippen LogP contribution in [-0.4, -0.2) is 12.6 Å². The first-order valence-corrected chi connectivity index (χ1v) is 7.39. The van der Waals surface area contributed by atoms with Crippen molar-refractivity contribution in [1.29, 1.82) is 10.5 Å². The van der Waals surface area contributed by atoms with Gasteiger partial charge in [0, 0.05) is 10.8 Å². The van der Waals surface area contributed by atoms with Crippen LogP contribution in [0.4, 0.5) is 0 Å². The Kier molecular flexibility index (Phi) is 4.23. The average molecular weight is 272 g/mol. The van der Waals surface area contributed by atoms with Gasteiger partial charge in [-0.3, -0.25) is 0 Å². The van der Waals surface area contributed by atoms with Crippen LogP contribution in [0.15, 0.2) is 0 Å². The zero-order chi connectivity index (χ0) is 14.6. The molecule has 2 saturated carbocycles. The first kappa shape index (κ1) is 14.7. The monoisotopic (exact) mass is 272 g/mol. The molecule has 0 aromatic carbocycles. The molecule has 3 atom stereocenters. The molecule has 2 aliphatic rings. The van der Waals surface area contributed by atoms with Gasteiger partial charge in [0.25, 0.3) is 0 Å². The predicted octanol–water partition coefficient (Wildman–Crippen LogP) is 2.78. The number of hydrogen-bond donors (Lipinski definition) is 0. The van der Waals surface area contributed by atoms with E-state index in [-0.39, 0.29) is 5.92 Å². The molecular formula is C16H20N2O2. The van der Waals surface area contributed by atoms with Gasteiger partial charge < -0.3 is 9.59 Å². The molecule has 0 aromatic heterocycles. The van der Waals surface area contributed by atoms with Crippen LogP contribution >= 0.6 is 0 Å². The topological polar surface area (TPSA) is 81.7 Å². The average Bonchev–Trinajstić information content (AvgIpc) is 2.54. The number of carbonyl (C=O) groups excluding carboxylic acids is 2.